The van der Waals surface area contributed by atoms with E-state index in [4.69, 9.17) is 0 Å². The summed E-state index contributed by atoms with van der Waals surface area (Å²) in [4.78, 5) is 2.42. The molecule has 0 rings (SSSR count). The first-order chi connectivity index (χ1) is 12.3. The normalized spacial score (nSPS) is 11.1. The Labute approximate surface area is 160 Å². The van der Waals surface area contributed by atoms with Crippen LogP contribution in [-0.4, -0.2) is 24.5 Å². The minimum atomic E-state index is 0.991. The molecule has 0 unspecified atom stereocenters. The Morgan fingerprint density at radius 3 is 1.16 bits per heavy atom. The third-order valence-electron chi connectivity index (χ3n) is 5.10. The number of hydrogen-bond donors (Lipinski definition) is 0. The second-order valence-corrected chi connectivity index (χ2v) is 7.64. The van der Waals surface area contributed by atoms with E-state index in [0.29, 0.717) is 0 Å². The van der Waals surface area contributed by atoms with Crippen molar-refractivity contribution in [3.63, 3.8) is 0 Å². The molecule has 0 aromatic carbocycles. The summed E-state index contributed by atoms with van der Waals surface area (Å²) >= 11 is 0. The predicted molar refractivity (Wildman–Crippen MR) is 116 cm³/mol. The summed E-state index contributed by atoms with van der Waals surface area (Å²) < 4.78 is 0. The van der Waals surface area contributed by atoms with Gasteiger partial charge in [0.25, 0.3) is 0 Å². The first kappa shape index (κ1) is 24.4. The van der Waals surface area contributed by atoms with Gasteiger partial charge in [-0.05, 0) is 13.0 Å². The monoisotopic (exact) mass is 349 g/mol. The zero-order valence-electron chi connectivity index (χ0n) is 17.5. The van der Waals surface area contributed by atoms with Crippen molar-refractivity contribution in [2.24, 2.45) is 0 Å². The fourth-order valence-corrected chi connectivity index (χ4v) is 3.51. The number of rotatable bonds is 21. The highest BCUT2D eigenvalue weighted by Crippen LogP contribution is 2.13. The Bertz CT molecular complexity index is 261. The molecule has 0 aliphatic carbocycles. The molecule has 25 heavy (non-hydrogen) atoms. The van der Waals surface area contributed by atoms with Crippen LogP contribution in [0.25, 0.3) is 0 Å². The largest absolute Gasteiger partial charge is 0.296 e. The van der Waals surface area contributed by atoms with Crippen molar-refractivity contribution in [1.82, 2.24) is 4.90 Å². The highest BCUT2D eigenvalue weighted by atomic mass is 15.1. The van der Waals surface area contributed by atoms with Crippen LogP contribution >= 0.6 is 0 Å². The van der Waals surface area contributed by atoms with Gasteiger partial charge in [0.05, 0.1) is 0 Å². The average Bonchev–Trinajstić information content (AvgIpc) is 2.61. The molecule has 0 fully saturated rings. The molecular formula is C24H47N. The van der Waals surface area contributed by atoms with E-state index in [0.717, 1.165) is 13.1 Å². The summed E-state index contributed by atoms with van der Waals surface area (Å²) in [7, 11) is 0. The minimum absolute atomic E-state index is 0.991. The van der Waals surface area contributed by atoms with Crippen LogP contribution < -0.4 is 0 Å². The maximum atomic E-state index is 3.83. The topological polar surface area (TPSA) is 3.24 Å². The number of hydrogen-bond acceptors (Lipinski definition) is 1. The smallest absolute Gasteiger partial charge is 0.0163 e. The van der Waals surface area contributed by atoms with Crippen LogP contribution in [0.3, 0.4) is 0 Å². The van der Waals surface area contributed by atoms with E-state index in [9.17, 15) is 0 Å². The lowest BCUT2D eigenvalue weighted by atomic mass is 10.0. The van der Waals surface area contributed by atoms with E-state index < -0.39 is 0 Å². The fourth-order valence-electron chi connectivity index (χ4n) is 3.51. The van der Waals surface area contributed by atoms with Gasteiger partial charge in [-0.3, -0.25) is 4.90 Å². The van der Waals surface area contributed by atoms with Crippen molar-refractivity contribution in [2.75, 3.05) is 19.6 Å². The van der Waals surface area contributed by atoms with Crippen LogP contribution in [0.2, 0.25) is 0 Å². The zero-order chi connectivity index (χ0) is 18.4. The van der Waals surface area contributed by atoms with Gasteiger partial charge in [-0.25, -0.2) is 0 Å². The maximum Gasteiger partial charge on any atom is 0.0163 e. The molecule has 148 valence electrons. The third-order valence-corrected chi connectivity index (χ3v) is 5.10. The Balaban J connectivity index is 3.16. The molecule has 0 atom stereocenters. The molecule has 0 heterocycles. The second kappa shape index (κ2) is 21.5. The molecule has 0 aromatic rings. The van der Waals surface area contributed by atoms with Crippen LogP contribution in [0, 0.1) is 0 Å². The van der Waals surface area contributed by atoms with Crippen molar-refractivity contribution in [3.8, 4) is 0 Å². The van der Waals surface area contributed by atoms with Crippen molar-refractivity contribution in [3.05, 3.63) is 25.3 Å². The molecule has 0 aliphatic heterocycles. The SMILES string of the molecule is C=CCN(CC=C)CCCCCCCCCCCCCCCCCC. The number of unbranched alkanes of at least 4 members (excludes halogenated alkanes) is 15. The summed E-state index contributed by atoms with van der Waals surface area (Å²) in [5.74, 6) is 0. The molecule has 0 radical (unpaired) electrons. The minimum Gasteiger partial charge on any atom is -0.296 e. The van der Waals surface area contributed by atoms with Gasteiger partial charge in [0.1, 0.15) is 0 Å². The lowest BCUT2D eigenvalue weighted by molar-refractivity contribution is 0.324. The van der Waals surface area contributed by atoms with Gasteiger partial charge in [-0.1, -0.05) is 115 Å². The summed E-state index contributed by atoms with van der Waals surface area (Å²) in [6, 6.07) is 0. The van der Waals surface area contributed by atoms with E-state index >= 15 is 0 Å². The lowest BCUT2D eigenvalue weighted by Gasteiger charge is -2.18. The molecule has 0 spiro atoms. The van der Waals surface area contributed by atoms with Crippen molar-refractivity contribution >= 4 is 0 Å². The standard InChI is InChI=1S/C24H47N/c1-4-7-8-9-10-11-12-13-14-15-16-17-18-19-20-21-24-25(22-5-2)23-6-3/h5-6H,2-4,7-24H2,1H3. The third kappa shape index (κ3) is 19.6. The van der Waals surface area contributed by atoms with Crippen LogP contribution in [0.5, 0.6) is 0 Å². The van der Waals surface area contributed by atoms with Crippen LogP contribution in [0.4, 0.5) is 0 Å². The summed E-state index contributed by atoms with van der Waals surface area (Å²) in [6.07, 6.45) is 27.0. The van der Waals surface area contributed by atoms with Gasteiger partial charge < -0.3 is 0 Å². The van der Waals surface area contributed by atoms with E-state index in [1.54, 1.807) is 0 Å². The van der Waals surface area contributed by atoms with Crippen LogP contribution in [-0.2, 0) is 0 Å². The fraction of sp³-hybridized carbons (Fsp3) is 0.833. The molecule has 0 N–H and O–H groups in total. The zero-order valence-corrected chi connectivity index (χ0v) is 17.5. The highest BCUT2D eigenvalue weighted by Gasteiger charge is 2.00. The molecule has 1 nitrogen and oxygen atoms in total. The molecule has 0 bridgehead atoms. The Kier molecular flexibility index (Phi) is 21.0. The first-order valence-electron chi connectivity index (χ1n) is 11.3. The maximum absolute atomic E-state index is 3.83. The van der Waals surface area contributed by atoms with Gasteiger partial charge in [-0.2, -0.15) is 0 Å². The highest BCUT2D eigenvalue weighted by molar-refractivity contribution is 4.79. The van der Waals surface area contributed by atoms with Gasteiger partial charge in [0, 0.05) is 13.1 Å². The van der Waals surface area contributed by atoms with Crippen molar-refractivity contribution in [2.45, 2.75) is 110 Å². The van der Waals surface area contributed by atoms with Gasteiger partial charge in [0.2, 0.25) is 0 Å². The summed E-state index contributed by atoms with van der Waals surface area (Å²) in [5.41, 5.74) is 0. The molecule has 0 amide bonds. The number of nitrogens with zero attached hydrogens (tertiary/aromatic N) is 1. The van der Waals surface area contributed by atoms with Crippen molar-refractivity contribution < 1.29 is 0 Å². The van der Waals surface area contributed by atoms with Gasteiger partial charge in [0.15, 0.2) is 0 Å². The molecule has 1 heteroatoms. The average molecular weight is 350 g/mol. The molecule has 0 aliphatic rings. The van der Waals surface area contributed by atoms with Gasteiger partial charge in [-0.15, -0.1) is 13.2 Å². The van der Waals surface area contributed by atoms with Crippen LogP contribution in [0.15, 0.2) is 25.3 Å². The lowest BCUT2D eigenvalue weighted by Crippen LogP contribution is -2.24. The Morgan fingerprint density at radius 2 is 0.840 bits per heavy atom. The van der Waals surface area contributed by atoms with E-state index in [1.807, 2.05) is 12.2 Å². The van der Waals surface area contributed by atoms with Crippen LogP contribution in [0.1, 0.15) is 110 Å². The first-order valence-corrected chi connectivity index (χ1v) is 11.3. The quantitative estimate of drug-likeness (QED) is 0.150. The second-order valence-electron chi connectivity index (χ2n) is 7.64. The van der Waals surface area contributed by atoms with Crippen molar-refractivity contribution in [1.29, 1.82) is 0 Å². The van der Waals surface area contributed by atoms with E-state index in [1.165, 1.54) is 109 Å². The molecule has 0 aromatic heterocycles. The molecular weight excluding hydrogens is 302 g/mol. The Hall–Kier alpha value is -0.560. The van der Waals surface area contributed by atoms with E-state index in [-0.39, 0.29) is 0 Å². The molecule has 0 saturated heterocycles. The van der Waals surface area contributed by atoms with Gasteiger partial charge >= 0.3 is 0 Å². The molecule has 0 saturated carbocycles. The summed E-state index contributed by atoms with van der Waals surface area (Å²) in [6.45, 7) is 13.1. The predicted octanol–water partition coefficient (Wildman–Crippen LogP) is 7.92. The van der Waals surface area contributed by atoms with E-state index in [2.05, 4.69) is 25.0 Å². The Morgan fingerprint density at radius 1 is 0.520 bits per heavy atom. The summed E-state index contributed by atoms with van der Waals surface area (Å²) in [5, 5.41) is 0.